The largest absolute Gasteiger partial charge is 0.502 e. The molecule has 2 fully saturated rings. The smallest absolute Gasteiger partial charge is 0.417 e. The zero-order valence-electron chi connectivity index (χ0n) is 39.8. The summed E-state index contributed by atoms with van der Waals surface area (Å²) >= 11 is 10.9. The van der Waals surface area contributed by atoms with Crippen LogP contribution in [0.1, 0.15) is 75.2 Å². The third-order valence-electron chi connectivity index (χ3n) is 12.0. The normalized spacial score (nSPS) is 15.4. The fraction of sp³-hybridized carbons (Fsp3) is 0.292. The number of ether oxygens (including phenoxy) is 1. The van der Waals surface area contributed by atoms with E-state index in [-0.39, 0.29) is 87.5 Å². The Bertz CT molecular complexity index is 3640. The first-order valence-electron chi connectivity index (χ1n) is 22.0. The highest BCUT2D eigenvalue weighted by molar-refractivity contribution is 7.81. The molecule has 27 heteroatoms. The molecule has 2 aromatic carbocycles. The number of nitriles is 2. The van der Waals surface area contributed by atoms with Crippen LogP contribution in [0.5, 0.6) is 11.5 Å². The number of aliphatic hydroxyl groups excluding tert-OH is 1. The predicted octanol–water partition coefficient (Wildman–Crippen LogP) is 7.48. The Morgan fingerprint density at radius 2 is 1.05 bits per heavy atom. The third-order valence-corrected chi connectivity index (χ3v) is 12.8. The molecule has 390 valence electrons. The van der Waals surface area contributed by atoms with Crippen molar-refractivity contribution >= 4 is 80.5 Å². The van der Waals surface area contributed by atoms with Gasteiger partial charge in [0, 0.05) is 24.5 Å². The zero-order valence-corrected chi connectivity index (χ0v) is 41.5. The van der Waals surface area contributed by atoms with Gasteiger partial charge >= 0.3 is 17.9 Å². The second-order valence-electron chi connectivity index (χ2n) is 17.5. The average molecular weight is 1080 g/mol. The van der Waals surface area contributed by atoms with Gasteiger partial charge in [0.25, 0.3) is 17.4 Å². The van der Waals surface area contributed by atoms with Crippen LogP contribution in [0.15, 0.2) is 70.5 Å². The van der Waals surface area contributed by atoms with E-state index in [0.29, 0.717) is 12.1 Å². The molecule has 0 spiro atoms. The van der Waals surface area contributed by atoms with Crippen LogP contribution < -0.4 is 35.5 Å². The number of benzene rings is 2. The first-order chi connectivity index (χ1) is 35.0. The first-order valence-corrected chi connectivity index (χ1v) is 22.9. The Labute approximate surface area is 429 Å². The van der Waals surface area contributed by atoms with Crippen LogP contribution in [0.25, 0.3) is 11.3 Å². The molecule has 2 N–H and O–H groups in total. The molecule has 0 atom stereocenters. The monoisotopic (exact) mass is 1080 g/mol. The van der Waals surface area contributed by atoms with Crippen molar-refractivity contribution in [2.75, 3.05) is 32.8 Å². The van der Waals surface area contributed by atoms with Gasteiger partial charge < -0.3 is 24.7 Å². The van der Waals surface area contributed by atoms with Crippen molar-refractivity contribution in [1.82, 2.24) is 18.8 Å². The molecule has 8 rings (SSSR count). The van der Waals surface area contributed by atoms with Gasteiger partial charge in [-0.2, -0.15) is 36.9 Å². The van der Waals surface area contributed by atoms with Crippen LogP contribution >= 0.6 is 24.4 Å². The van der Waals surface area contributed by atoms with Gasteiger partial charge in [-0.1, -0.05) is 13.8 Å². The second kappa shape index (κ2) is 19.6. The van der Waals surface area contributed by atoms with Gasteiger partial charge in [0.2, 0.25) is 11.5 Å². The molecule has 2 saturated heterocycles. The van der Waals surface area contributed by atoms with Crippen LogP contribution in [-0.4, -0.2) is 75.3 Å². The standard InChI is InChI=1S/C25H21F4N5O4S.C23H17F4N5O3S/c1-4-18-19(38-8-7-35)21(36)32-12-15(10-17(26)20(32)31-18)34-23(39)33(22(37)24(34,2)3)14-6-5-13(11-30)16(9-14)25(27,28)29;1-4-16-17(33)19(34)30-10-13(8-15(24)18(30)29-16)32-21(36)31(20(35)22(32,2)3)12-6-5-11(9-28)14(7-12)23(25,26)27/h5-6,9-10,12,35H,4,7-8H2,1-3H3;5-8,10,33H,4H2,1-3H3. The van der Waals surface area contributed by atoms with Gasteiger partial charge in [-0.25, -0.2) is 18.7 Å². The maximum absolute atomic E-state index is 15.3. The third kappa shape index (κ3) is 9.31. The minimum atomic E-state index is -4.87. The number of nitrogens with zero attached hydrogens (tertiary/aromatic N) is 10. The summed E-state index contributed by atoms with van der Waals surface area (Å²) in [6.45, 7) is 8.48. The summed E-state index contributed by atoms with van der Waals surface area (Å²) in [5.74, 6) is -4.15. The number of alkyl halides is 6. The summed E-state index contributed by atoms with van der Waals surface area (Å²) in [6, 6.07) is 10.4. The van der Waals surface area contributed by atoms with Crippen molar-refractivity contribution in [3.8, 4) is 23.6 Å². The highest BCUT2D eigenvalue weighted by atomic mass is 32.1. The average Bonchev–Trinajstić information content (AvgIpc) is 3.64. The van der Waals surface area contributed by atoms with E-state index in [4.69, 9.17) is 44.8 Å². The summed E-state index contributed by atoms with van der Waals surface area (Å²) < 4.78 is 119. The van der Waals surface area contributed by atoms with E-state index >= 15 is 8.78 Å². The van der Waals surface area contributed by atoms with Crippen LogP contribution in [0.3, 0.4) is 0 Å². The lowest BCUT2D eigenvalue weighted by atomic mass is 10.0. The van der Waals surface area contributed by atoms with Crippen molar-refractivity contribution in [3.63, 3.8) is 0 Å². The van der Waals surface area contributed by atoms with Gasteiger partial charge in [0.1, 0.15) is 17.7 Å². The van der Waals surface area contributed by atoms with Crippen molar-refractivity contribution in [3.05, 3.63) is 127 Å². The van der Waals surface area contributed by atoms with Gasteiger partial charge in [0.05, 0.1) is 75.1 Å². The van der Waals surface area contributed by atoms with E-state index in [1.807, 2.05) is 0 Å². The van der Waals surface area contributed by atoms with Crippen LogP contribution in [0.4, 0.5) is 57.9 Å². The Balaban J connectivity index is 0.000000219. The molecule has 2 aliphatic rings. The van der Waals surface area contributed by atoms with Crippen LogP contribution in [0.2, 0.25) is 0 Å². The molecule has 6 aromatic rings. The number of amides is 2. The number of carbonyl (C=O) groups excluding carboxylic acids is 2. The fourth-order valence-electron chi connectivity index (χ4n) is 8.38. The minimum absolute atomic E-state index is 0.00584. The summed E-state index contributed by atoms with van der Waals surface area (Å²) in [5.41, 5.74) is -9.55. The summed E-state index contributed by atoms with van der Waals surface area (Å²) in [4.78, 5) is 64.9. The second-order valence-corrected chi connectivity index (χ2v) is 18.2. The van der Waals surface area contributed by atoms with Gasteiger partial charge in [-0.15, -0.1) is 0 Å². The van der Waals surface area contributed by atoms with Crippen LogP contribution in [0, 0.1) is 34.3 Å². The van der Waals surface area contributed by atoms with E-state index in [1.54, 1.807) is 13.8 Å². The lowest BCUT2D eigenvalue weighted by Crippen LogP contribution is -2.44. The molecular formula is C48H38F8N10O7S2. The number of fused-ring (bicyclic) bond motifs is 2. The van der Waals surface area contributed by atoms with Crippen molar-refractivity contribution in [1.29, 1.82) is 10.5 Å². The van der Waals surface area contributed by atoms with Crippen molar-refractivity contribution < 1.29 is 59.7 Å². The summed E-state index contributed by atoms with van der Waals surface area (Å²) in [7, 11) is 0. The molecule has 4 aromatic heterocycles. The number of halogens is 8. The van der Waals surface area contributed by atoms with E-state index in [1.165, 1.54) is 55.8 Å². The number of thiocarbonyl (C=S) groups is 2. The number of anilines is 4. The van der Waals surface area contributed by atoms with E-state index < -0.39 is 86.0 Å². The molecule has 0 unspecified atom stereocenters. The molecule has 6 heterocycles. The number of aryl methyl sites for hydroxylation is 2. The fourth-order valence-corrected chi connectivity index (χ4v) is 9.42. The molecule has 0 bridgehead atoms. The predicted molar refractivity (Wildman–Crippen MR) is 261 cm³/mol. The molecular weight excluding hydrogens is 1040 g/mol. The highest BCUT2D eigenvalue weighted by Gasteiger charge is 2.52. The maximum atomic E-state index is 15.3. The van der Waals surface area contributed by atoms with Gasteiger partial charge in [-0.05, 0) is 101 Å². The number of aliphatic hydroxyl groups is 1. The SMILES string of the molecule is CCc1nc2c(F)cc(N3C(=S)N(c4ccc(C#N)c(C(F)(F)F)c4)C(=O)C3(C)C)cn2c(=O)c1O.CCc1nc2c(F)cc(N3C(=S)N(c4ccc(C#N)c(C(F)(F)F)c4)C(=O)C3(C)C)cn2c(=O)c1OCCO. The Hall–Kier alpha value is -8.14. The Morgan fingerprint density at radius 1 is 0.653 bits per heavy atom. The number of carbonyl (C=O) groups is 2. The molecule has 17 nitrogen and oxygen atoms in total. The van der Waals surface area contributed by atoms with E-state index in [2.05, 4.69) is 9.97 Å². The number of hydrogen-bond donors (Lipinski definition) is 2. The number of aromatic hydroxyl groups is 1. The number of rotatable bonds is 9. The van der Waals surface area contributed by atoms with E-state index in [0.717, 1.165) is 61.2 Å². The number of hydrogen-bond acceptors (Lipinski definition) is 13. The van der Waals surface area contributed by atoms with Crippen molar-refractivity contribution in [2.45, 2.75) is 77.8 Å². The molecule has 0 aliphatic carbocycles. The minimum Gasteiger partial charge on any atom is -0.502 e. The first kappa shape index (κ1) is 54.6. The van der Waals surface area contributed by atoms with Gasteiger partial charge in [-0.3, -0.25) is 37.8 Å². The summed E-state index contributed by atoms with van der Waals surface area (Å²) in [5, 5.41) is 36.8. The highest BCUT2D eigenvalue weighted by Crippen LogP contribution is 2.42. The number of aromatic nitrogens is 4. The van der Waals surface area contributed by atoms with E-state index in [9.17, 15) is 50.6 Å². The quantitative estimate of drug-likeness (QED) is 0.106. The molecule has 0 radical (unpaired) electrons. The molecule has 75 heavy (non-hydrogen) atoms. The Morgan fingerprint density at radius 3 is 1.43 bits per heavy atom. The van der Waals surface area contributed by atoms with Gasteiger partial charge in [0.15, 0.2) is 33.2 Å². The Kier molecular flexibility index (Phi) is 14.3. The molecule has 0 saturated carbocycles. The number of pyridine rings is 2. The maximum Gasteiger partial charge on any atom is 0.417 e. The van der Waals surface area contributed by atoms with Crippen LogP contribution in [-0.2, 0) is 34.8 Å². The lowest BCUT2D eigenvalue weighted by Gasteiger charge is -2.29. The topological polar surface area (TPSA) is 213 Å². The zero-order chi connectivity index (χ0) is 55.6. The lowest BCUT2D eigenvalue weighted by molar-refractivity contribution is -0.138. The molecule has 2 aliphatic heterocycles. The van der Waals surface area contributed by atoms with Crippen molar-refractivity contribution in [2.24, 2.45) is 0 Å². The summed E-state index contributed by atoms with van der Waals surface area (Å²) in [6.07, 6.45) is -6.98. The molecule has 2 amide bonds.